The van der Waals surface area contributed by atoms with Gasteiger partial charge in [0.05, 0.1) is 7.11 Å². The number of rotatable bonds is 2. The lowest BCUT2D eigenvalue weighted by Gasteiger charge is -2.05. The van der Waals surface area contributed by atoms with E-state index >= 15 is 0 Å². The number of pyridine rings is 1. The minimum absolute atomic E-state index is 0.0474. The van der Waals surface area contributed by atoms with E-state index in [1.807, 2.05) is 0 Å². The Morgan fingerprint density at radius 3 is 2.68 bits per heavy atom. The standard InChI is InChI=1S/C18H11ClFN3O2/c1-25-18(24)17-22-14(5-2-12-8-9-21-16(19)10-12)11-23(17)15-6-3-13(20)4-7-15/h3-4,6-11H,1H3. The van der Waals surface area contributed by atoms with Crippen LogP contribution in [0.4, 0.5) is 4.39 Å². The molecule has 124 valence electrons. The van der Waals surface area contributed by atoms with Gasteiger partial charge in [-0.25, -0.2) is 19.2 Å². The van der Waals surface area contributed by atoms with Gasteiger partial charge in [-0.15, -0.1) is 0 Å². The number of hydrogen-bond donors (Lipinski definition) is 0. The zero-order valence-electron chi connectivity index (χ0n) is 13.0. The second-order valence-electron chi connectivity index (χ2n) is 4.90. The minimum atomic E-state index is -0.621. The fraction of sp³-hybridized carbons (Fsp3) is 0.0556. The van der Waals surface area contributed by atoms with E-state index in [1.165, 1.54) is 35.9 Å². The molecule has 0 amide bonds. The summed E-state index contributed by atoms with van der Waals surface area (Å²) >= 11 is 5.82. The Labute approximate surface area is 148 Å². The molecule has 0 aliphatic carbocycles. The zero-order chi connectivity index (χ0) is 17.8. The summed E-state index contributed by atoms with van der Waals surface area (Å²) in [5.74, 6) is 4.81. The largest absolute Gasteiger partial charge is 0.463 e. The van der Waals surface area contributed by atoms with Gasteiger partial charge in [-0.3, -0.25) is 4.57 Å². The van der Waals surface area contributed by atoms with Crippen molar-refractivity contribution < 1.29 is 13.9 Å². The van der Waals surface area contributed by atoms with Crippen LogP contribution < -0.4 is 0 Å². The van der Waals surface area contributed by atoms with Crippen LogP contribution in [0.1, 0.15) is 21.9 Å². The third kappa shape index (κ3) is 3.84. The second-order valence-corrected chi connectivity index (χ2v) is 5.29. The third-order valence-electron chi connectivity index (χ3n) is 3.24. The van der Waals surface area contributed by atoms with Crippen molar-refractivity contribution in [2.75, 3.05) is 7.11 Å². The summed E-state index contributed by atoms with van der Waals surface area (Å²) in [6.07, 6.45) is 3.12. The highest BCUT2D eigenvalue weighted by molar-refractivity contribution is 6.29. The summed E-state index contributed by atoms with van der Waals surface area (Å²) in [6, 6.07) is 8.97. The third-order valence-corrected chi connectivity index (χ3v) is 3.45. The van der Waals surface area contributed by atoms with E-state index in [1.54, 1.807) is 24.5 Å². The molecule has 3 aromatic rings. The van der Waals surface area contributed by atoms with Gasteiger partial charge in [0.25, 0.3) is 0 Å². The molecule has 0 radical (unpaired) electrons. The molecule has 0 saturated carbocycles. The average Bonchev–Trinajstić information content (AvgIpc) is 3.04. The summed E-state index contributed by atoms with van der Waals surface area (Å²) in [5.41, 5.74) is 1.59. The van der Waals surface area contributed by atoms with Crippen LogP contribution in [0.25, 0.3) is 5.69 Å². The van der Waals surface area contributed by atoms with Crippen molar-refractivity contribution in [1.29, 1.82) is 0 Å². The number of aromatic nitrogens is 3. The molecule has 0 saturated heterocycles. The van der Waals surface area contributed by atoms with Gasteiger partial charge in [-0.2, -0.15) is 0 Å². The first-order chi connectivity index (χ1) is 12.1. The predicted molar refractivity (Wildman–Crippen MR) is 90.1 cm³/mol. The molecule has 1 aromatic carbocycles. The molecule has 7 heteroatoms. The number of esters is 1. The van der Waals surface area contributed by atoms with Gasteiger partial charge in [0.2, 0.25) is 5.82 Å². The van der Waals surface area contributed by atoms with E-state index in [9.17, 15) is 9.18 Å². The fourth-order valence-electron chi connectivity index (χ4n) is 2.09. The quantitative estimate of drug-likeness (QED) is 0.402. The lowest BCUT2D eigenvalue weighted by atomic mass is 10.2. The number of carbonyl (C=O) groups excluding carboxylic acids is 1. The first kappa shape index (κ1) is 16.7. The van der Waals surface area contributed by atoms with Gasteiger partial charge in [-0.05, 0) is 42.3 Å². The Hall–Kier alpha value is -3.17. The van der Waals surface area contributed by atoms with Crippen molar-refractivity contribution in [3.05, 3.63) is 76.8 Å². The number of benzene rings is 1. The number of imidazole rings is 1. The van der Waals surface area contributed by atoms with E-state index in [0.29, 0.717) is 22.1 Å². The first-order valence-corrected chi connectivity index (χ1v) is 7.52. The van der Waals surface area contributed by atoms with E-state index in [0.717, 1.165) is 0 Å². The number of carbonyl (C=O) groups is 1. The lowest BCUT2D eigenvalue weighted by molar-refractivity contribution is 0.0584. The molecule has 0 aliphatic rings. The molecule has 0 bridgehead atoms. The Morgan fingerprint density at radius 2 is 2.00 bits per heavy atom. The number of hydrogen-bond acceptors (Lipinski definition) is 4. The molecule has 0 aliphatic heterocycles. The van der Waals surface area contributed by atoms with E-state index in [2.05, 4.69) is 21.8 Å². The summed E-state index contributed by atoms with van der Waals surface area (Å²) < 4.78 is 19.4. The van der Waals surface area contributed by atoms with Crippen LogP contribution in [0.3, 0.4) is 0 Å². The van der Waals surface area contributed by atoms with Crippen LogP contribution in [-0.2, 0) is 4.74 Å². The minimum Gasteiger partial charge on any atom is -0.463 e. The highest BCUT2D eigenvalue weighted by atomic mass is 35.5. The first-order valence-electron chi connectivity index (χ1n) is 7.14. The summed E-state index contributed by atoms with van der Waals surface area (Å²) in [7, 11) is 1.26. The smallest absolute Gasteiger partial charge is 0.374 e. The van der Waals surface area contributed by atoms with Crippen LogP contribution in [0.5, 0.6) is 0 Å². The topological polar surface area (TPSA) is 57.0 Å². The number of methoxy groups -OCH3 is 1. The van der Waals surface area contributed by atoms with Crippen LogP contribution in [0.2, 0.25) is 5.15 Å². The molecule has 25 heavy (non-hydrogen) atoms. The van der Waals surface area contributed by atoms with Crippen molar-refractivity contribution in [2.45, 2.75) is 0 Å². The normalized spacial score (nSPS) is 10.0. The molecular weight excluding hydrogens is 345 g/mol. The summed E-state index contributed by atoms with van der Waals surface area (Å²) in [4.78, 5) is 20.0. The lowest BCUT2D eigenvalue weighted by Crippen LogP contribution is -2.10. The molecule has 3 rings (SSSR count). The van der Waals surface area contributed by atoms with E-state index < -0.39 is 5.97 Å². The highest BCUT2D eigenvalue weighted by Crippen LogP contribution is 2.15. The van der Waals surface area contributed by atoms with Crippen LogP contribution in [0.15, 0.2) is 48.8 Å². The zero-order valence-corrected chi connectivity index (χ0v) is 13.8. The molecule has 0 unspecified atom stereocenters. The van der Waals surface area contributed by atoms with E-state index in [4.69, 9.17) is 16.3 Å². The van der Waals surface area contributed by atoms with Gasteiger partial charge < -0.3 is 4.74 Å². The summed E-state index contributed by atoms with van der Waals surface area (Å²) in [6.45, 7) is 0. The molecular formula is C18H11ClFN3O2. The van der Waals surface area contributed by atoms with Gasteiger partial charge in [0.1, 0.15) is 16.7 Å². The maximum atomic E-state index is 13.1. The van der Waals surface area contributed by atoms with Gasteiger partial charge in [-0.1, -0.05) is 17.5 Å². The Balaban J connectivity index is 2.02. The van der Waals surface area contributed by atoms with Crippen molar-refractivity contribution in [1.82, 2.24) is 14.5 Å². The molecule has 0 fully saturated rings. The van der Waals surface area contributed by atoms with Gasteiger partial charge in [0, 0.05) is 23.6 Å². The summed E-state index contributed by atoms with van der Waals surface area (Å²) in [5, 5.41) is 0.332. The number of halogens is 2. The monoisotopic (exact) mass is 355 g/mol. The van der Waals surface area contributed by atoms with Crippen LogP contribution in [0, 0.1) is 17.7 Å². The predicted octanol–water partition coefficient (Wildman–Crippen LogP) is 3.25. The Bertz CT molecular complexity index is 988. The second kappa shape index (κ2) is 7.16. The van der Waals surface area contributed by atoms with Crippen molar-refractivity contribution in [3.63, 3.8) is 0 Å². The fourth-order valence-corrected chi connectivity index (χ4v) is 2.26. The van der Waals surface area contributed by atoms with Gasteiger partial charge in [0.15, 0.2) is 0 Å². The Kier molecular flexibility index (Phi) is 4.78. The van der Waals surface area contributed by atoms with Crippen LogP contribution in [-0.4, -0.2) is 27.6 Å². The maximum Gasteiger partial charge on any atom is 0.374 e. The number of nitrogens with zero attached hydrogens (tertiary/aromatic N) is 3. The van der Waals surface area contributed by atoms with Crippen molar-refractivity contribution in [2.24, 2.45) is 0 Å². The Morgan fingerprint density at radius 1 is 1.24 bits per heavy atom. The molecule has 5 nitrogen and oxygen atoms in total. The maximum absolute atomic E-state index is 13.1. The van der Waals surface area contributed by atoms with Crippen molar-refractivity contribution in [3.8, 4) is 17.5 Å². The average molecular weight is 356 g/mol. The highest BCUT2D eigenvalue weighted by Gasteiger charge is 2.17. The molecule has 0 N–H and O–H groups in total. The molecule has 2 aromatic heterocycles. The van der Waals surface area contributed by atoms with E-state index in [-0.39, 0.29) is 11.6 Å². The molecule has 2 heterocycles. The SMILES string of the molecule is COC(=O)c1nc(C#Cc2ccnc(Cl)c2)cn1-c1ccc(F)cc1. The van der Waals surface area contributed by atoms with Crippen LogP contribution >= 0.6 is 11.6 Å². The van der Waals surface area contributed by atoms with Crippen molar-refractivity contribution >= 4 is 17.6 Å². The number of ether oxygens (including phenoxy) is 1. The molecule has 0 atom stereocenters. The molecule has 0 spiro atoms. The van der Waals surface area contributed by atoms with Gasteiger partial charge >= 0.3 is 5.97 Å².